The summed E-state index contributed by atoms with van der Waals surface area (Å²) in [6, 6.07) is 32.0. The molecule has 0 amide bonds. The number of hydrogen-bond acceptors (Lipinski definition) is 0. The predicted molar refractivity (Wildman–Crippen MR) is 109 cm³/mol. The summed E-state index contributed by atoms with van der Waals surface area (Å²) < 4.78 is 0. The second-order valence-electron chi connectivity index (χ2n) is 6.33. The van der Waals surface area contributed by atoms with Crippen LogP contribution in [0.3, 0.4) is 0 Å². The fourth-order valence-electron chi connectivity index (χ4n) is 3.77. The van der Waals surface area contributed by atoms with E-state index in [2.05, 4.69) is 78.9 Å². The van der Waals surface area contributed by atoms with Gasteiger partial charge in [0.2, 0.25) is 0 Å². The van der Waals surface area contributed by atoms with Crippen molar-refractivity contribution in [1.82, 2.24) is 0 Å². The Bertz CT molecular complexity index is 1250. The molecule has 0 radical (unpaired) electrons. The molecule has 5 aromatic carbocycles. The maximum Gasteiger partial charge on any atom is 0.0484 e. The molecule has 0 N–H and O–H groups in total. The van der Waals surface area contributed by atoms with E-state index in [4.69, 9.17) is 11.6 Å². The first kappa shape index (κ1) is 14.5. The highest BCUT2D eigenvalue weighted by Gasteiger charge is 2.11. The van der Waals surface area contributed by atoms with Crippen LogP contribution in [0.25, 0.3) is 43.4 Å². The maximum atomic E-state index is 6.43. The van der Waals surface area contributed by atoms with E-state index in [1.54, 1.807) is 0 Å². The molecule has 1 heteroatoms. The summed E-state index contributed by atoms with van der Waals surface area (Å²) in [6.45, 7) is 0. The smallest absolute Gasteiger partial charge is 0.0484 e. The number of fused-ring (bicyclic) bond motifs is 4. The molecule has 0 aliphatic heterocycles. The van der Waals surface area contributed by atoms with E-state index in [0.717, 1.165) is 10.4 Å². The van der Waals surface area contributed by atoms with Gasteiger partial charge >= 0.3 is 0 Å². The lowest BCUT2D eigenvalue weighted by Gasteiger charge is -2.13. The molecule has 0 unspecified atom stereocenters. The average Bonchev–Trinajstić information content (AvgIpc) is 2.68. The van der Waals surface area contributed by atoms with Crippen LogP contribution < -0.4 is 0 Å². The number of hydrogen-bond donors (Lipinski definition) is 0. The van der Waals surface area contributed by atoms with Crippen molar-refractivity contribution in [3.8, 4) is 11.1 Å². The largest absolute Gasteiger partial charge is 0.0837 e. The van der Waals surface area contributed by atoms with Crippen LogP contribution >= 0.6 is 11.6 Å². The van der Waals surface area contributed by atoms with E-state index in [-0.39, 0.29) is 0 Å². The summed E-state index contributed by atoms with van der Waals surface area (Å²) in [5.41, 5.74) is 2.48. The van der Waals surface area contributed by atoms with Gasteiger partial charge in [-0.15, -0.1) is 0 Å². The van der Waals surface area contributed by atoms with E-state index in [9.17, 15) is 0 Å². The van der Waals surface area contributed by atoms with Crippen molar-refractivity contribution in [2.75, 3.05) is 0 Å². The first-order valence-corrected chi connectivity index (χ1v) is 8.79. The van der Waals surface area contributed by atoms with Crippen molar-refractivity contribution in [3.05, 3.63) is 96.0 Å². The summed E-state index contributed by atoms with van der Waals surface area (Å²) in [5, 5.41) is 8.19. The van der Waals surface area contributed by atoms with E-state index in [0.29, 0.717) is 0 Å². The van der Waals surface area contributed by atoms with Gasteiger partial charge in [-0.25, -0.2) is 0 Å². The molecule has 0 atom stereocenters. The molecule has 0 aliphatic carbocycles. The molecule has 0 spiro atoms. The summed E-state index contributed by atoms with van der Waals surface area (Å²) in [6.07, 6.45) is 0. The average molecular weight is 339 g/mol. The molecule has 0 saturated carbocycles. The summed E-state index contributed by atoms with van der Waals surface area (Å²) in [4.78, 5) is 0. The van der Waals surface area contributed by atoms with Gasteiger partial charge < -0.3 is 0 Å². The molecule has 25 heavy (non-hydrogen) atoms. The fraction of sp³-hybridized carbons (Fsp3) is 0. The third kappa shape index (κ3) is 2.22. The quantitative estimate of drug-likeness (QED) is 0.278. The van der Waals surface area contributed by atoms with Gasteiger partial charge in [-0.3, -0.25) is 0 Å². The minimum Gasteiger partial charge on any atom is -0.0837 e. The van der Waals surface area contributed by atoms with Gasteiger partial charge in [0, 0.05) is 10.4 Å². The van der Waals surface area contributed by atoms with E-state index in [1.807, 2.05) is 12.1 Å². The highest BCUT2D eigenvalue weighted by molar-refractivity contribution is 6.36. The normalized spacial score (nSPS) is 11.4. The van der Waals surface area contributed by atoms with Gasteiger partial charge in [0.25, 0.3) is 0 Å². The monoisotopic (exact) mass is 338 g/mol. The zero-order valence-electron chi connectivity index (χ0n) is 13.5. The van der Waals surface area contributed by atoms with Crippen LogP contribution in [0.1, 0.15) is 0 Å². The van der Waals surface area contributed by atoms with Crippen molar-refractivity contribution in [3.63, 3.8) is 0 Å². The van der Waals surface area contributed by atoms with Gasteiger partial charge in [0.05, 0.1) is 0 Å². The molecule has 0 aliphatic rings. The summed E-state index contributed by atoms with van der Waals surface area (Å²) >= 11 is 6.43. The van der Waals surface area contributed by atoms with Crippen molar-refractivity contribution >= 4 is 43.9 Å². The Morgan fingerprint density at radius 3 is 1.76 bits per heavy atom. The molecule has 0 bridgehead atoms. The lowest BCUT2D eigenvalue weighted by Crippen LogP contribution is -1.86. The highest BCUT2D eigenvalue weighted by Crippen LogP contribution is 2.39. The standard InChI is InChI=1S/C24H15Cl/c25-24-14-13-21(19-10-5-6-12-22(19)24)23-15-16-7-1-2-8-17(16)18-9-3-4-11-20(18)23/h1-15H. The molecule has 118 valence electrons. The fourth-order valence-corrected chi connectivity index (χ4v) is 4.00. The molecule has 5 aromatic rings. The van der Waals surface area contributed by atoms with Crippen LogP contribution in [-0.4, -0.2) is 0 Å². The Morgan fingerprint density at radius 1 is 0.440 bits per heavy atom. The van der Waals surface area contributed by atoms with Crippen LogP contribution in [0, 0.1) is 0 Å². The van der Waals surface area contributed by atoms with Gasteiger partial charge in [0.15, 0.2) is 0 Å². The molecule has 0 fully saturated rings. The van der Waals surface area contributed by atoms with E-state index in [1.165, 1.54) is 38.1 Å². The highest BCUT2D eigenvalue weighted by atomic mass is 35.5. The van der Waals surface area contributed by atoms with Crippen LogP contribution in [-0.2, 0) is 0 Å². The Balaban J connectivity index is 1.98. The number of halogens is 1. The molecule has 0 saturated heterocycles. The molecular formula is C24H15Cl. The number of benzene rings is 5. The van der Waals surface area contributed by atoms with Gasteiger partial charge in [-0.1, -0.05) is 90.5 Å². The van der Waals surface area contributed by atoms with Crippen molar-refractivity contribution in [2.24, 2.45) is 0 Å². The van der Waals surface area contributed by atoms with Crippen molar-refractivity contribution in [2.45, 2.75) is 0 Å². The summed E-state index contributed by atoms with van der Waals surface area (Å²) in [5.74, 6) is 0. The van der Waals surface area contributed by atoms with Crippen LogP contribution in [0.5, 0.6) is 0 Å². The van der Waals surface area contributed by atoms with Gasteiger partial charge in [-0.05, 0) is 50.2 Å². The molecule has 0 nitrogen and oxygen atoms in total. The third-order valence-electron chi connectivity index (χ3n) is 4.93. The Hall–Kier alpha value is -2.83. The lowest BCUT2D eigenvalue weighted by atomic mass is 9.91. The SMILES string of the molecule is Clc1ccc(-c2cc3ccccc3c3ccccc23)c2ccccc12. The molecule has 0 heterocycles. The third-order valence-corrected chi connectivity index (χ3v) is 5.26. The zero-order chi connectivity index (χ0) is 16.8. The van der Waals surface area contributed by atoms with E-state index < -0.39 is 0 Å². The Kier molecular flexibility index (Phi) is 3.26. The van der Waals surface area contributed by atoms with Crippen molar-refractivity contribution < 1.29 is 0 Å². The first-order valence-electron chi connectivity index (χ1n) is 8.41. The second kappa shape index (κ2) is 5.61. The second-order valence-corrected chi connectivity index (χ2v) is 6.74. The maximum absolute atomic E-state index is 6.43. The Morgan fingerprint density at radius 2 is 1.00 bits per heavy atom. The minimum atomic E-state index is 0.796. The topological polar surface area (TPSA) is 0 Å². The molecular weight excluding hydrogens is 324 g/mol. The molecule has 5 rings (SSSR count). The predicted octanol–water partition coefficient (Wildman–Crippen LogP) is 7.47. The van der Waals surface area contributed by atoms with Crippen LogP contribution in [0.2, 0.25) is 5.02 Å². The first-order chi connectivity index (χ1) is 12.3. The van der Waals surface area contributed by atoms with Crippen molar-refractivity contribution in [1.29, 1.82) is 0 Å². The lowest BCUT2D eigenvalue weighted by molar-refractivity contribution is 1.70. The Labute approximate surface area is 151 Å². The van der Waals surface area contributed by atoms with Gasteiger partial charge in [-0.2, -0.15) is 0 Å². The van der Waals surface area contributed by atoms with Crippen LogP contribution in [0.4, 0.5) is 0 Å². The number of rotatable bonds is 1. The summed E-state index contributed by atoms with van der Waals surface area (Å²) in [7, 11) is 0. The zero-order valence-corrected chi connectivity index (χ0v) is 14.3. The van der Waals surface area contributed by atoms with E-state index >= 15 is 0 Å². The van der Waals surface area contributed by atoms with Crippen LogP contribution in [0.15, 0.2) is 91.0 Å². The van der Waals surface area contributed by atoms with Gasteiger partial charge in [0.1, 0.15) is 0 Å². The minimum absolute atomic E-state index is 0.796. The molecule has 0 aromatic heterocycles.